The molecular formula is C17H17BrN2S. The summed E-state index contributed by atoms with van der Waals surface area (Å²) in [6.07, 6.45) is 5.42. The molecule has 2 aliphatic carbocycles. The van der Waals surface area contributed by atoms with E-state index in [4.69, 9.17) is 12.2 Å². The van der Waals surface area contributed by atoms with Gasteiger partial charge in [-0.05, 0) is 52.6 Å². The Labute approximate surface area is 138 Å². The van der Waals surface area contributed by atoms with Gasteiger partial charge in [0.2, 0.25) is 0 Å². The number of fused-ring (bicyclic) bond motifs is 2. The first-order chi connectivity index (χ1) is 10.2. The molecule has 108 valence electrons. The van der Waals surface area contributed by atoms with Gasteiger partial charge >= 0.3 is 0 Å². The Balaban J connectivity index is 1.80. The zero-order valence-electron chi connectivity index (χ0n) is 11.7. The number of H-pyrrole nitrogens is 1. The van der Waals surface area contributed by atoms with Crippen LogP contribution < -0.4 is 0 Å². The van der Waals surface area contributed by atoms with Gasteiger partial charge in [-0.2, -0.15) is 0 Å². The van der Waals surface area contributed by atoms with Crippen molar-refractivity contribution in [2.75, 3.05) is 0 Å². The second-order valence-corrected chi connectivity index (χ2v) is 7.44. The average Bonchev–Trinajstić information content (AvgIpc) is 3.13. The lowest BCUT2D eigenvalue weighted by Crippen LogP contribution is -2.13. The van der Waals surface area contributed by atoms with Crippen LogP contribution in [0.4, 0.5) is 0 Å². The number of hydrogen-bond acceptors (Lipinski definition) is 2. The summed E-state index contributed by atoms with van der Waals surface area (Å²) in [6, 6.07) is 10.3. The van der Waals surface area contributed by atoms with Crippen molar-refractivity contribution in [2.24, 2.45) is 11.8 Å². The first-order valence-electron chi connectivity index (χ1n) is 7.57. The number of benzene rings is 1. The van der Waals surface area contributed by atoms with E-state index in [1.54, 1.807) is 0 Å². The summed E-state index contributed by atoms with van der Waals surface area (Å²) in [5.74, 6) is 3.38. The van der Waals surface area contributed by atoms with Crippen LogP contribution >= 0.6 is 28.1 Å². The van der Waals surface area contributed by atoms with Gasteiger partial charge in [0, 0.05) is 5.92 Å². The Hall–Kier alpha value is -1.00. The molecule has 0 saturated heterocycles. The van der Waals surface area contributed by atoms with Crippen molar-refractivity contribution < 1.29 is 0 Å². The van der Waals surface area contributed by atoms with Gasteiger partial charge in [0.15, 0.2) is 0 Å². The van der Waals surface area contributed by atoms with E-state index >= 15 is 0 Å². The Morgan fingerprint density at radius 1 is 1.14 bits per heavy atom. The molecule has 3 atom stereocenters. The van der Waals surface area contributed by atoms with Crippen LogP contribution in [0.2, 0.25) is 0 Å². The van der Waals surface area contributed by atoms with Gasteiger partial charge in [-0.15, -0.1) is 0 Å². The summed E-state index contributed by atoms with van der Waals surface area (Å²) in [5, 5.41) is 0. The maximum atomic E-state index is 5.47. The molecule has 2 saturated carbocycles. The van der Waals surface area contributed by atoms with Crippen molar-refractivity contribution in [2.45, 2.75) is 31.6 Å². The molecule has 4 rings (SSSR count). The highest BCUT2D eigenvalue weighted by molar-refractivity contribution is 9.10. The smallest absolute Gasteiger partial charge is 0.144 e. The SMILES string of the molecule is S=c1nc(C2CC3CCC2C3)[nH]c(-c2ccccc2)c1Br. The van der Waals surface area contributed by atoms with Gasteiger partial charge in [-0.1, -0.05) is 49.0 Å². The third kappa shape index (κ3) is 2.38. The van der Waals surface area contributed by atoms with Gasteiger partial charge in [0.05, 0.1) is 10.2 Å². The Morgan fingerprint density at radius 2 is 1.95 bits per heavy atom. The summed E-state index contributed by atoms with van der Waals surface area (Å²) >= 11 is 9.07. The third-order valence-electron chi connectivity index (χ3n) is 5.03. The normalized spacial score (nSPS) is 27.2. The molecule has 0 spiro atoms. The molecule has 1 aromatic heterocycles. The Morgan fingerprint density at radius 3 is 2.62 bits per heavy atom. The highest BCUT2D eigenvalue weighted by Gasteiger charge is 2.41. The predicted molar refractivity (Wildman–Crippen MR) is 90.7 cm³/mol. The van der Waals surface area contributed by atoms with Crippen molar-refractivity contribution in [1.82, 2.24) is 9.97 Å². The lowest BCUT2D eigenvalue weighted by Gasteiger charge is -2.21. The molecule has 1 N–H and O–H groups in total. The first kappa shape index (κ1) is 13.6. The highest BCUT2D eigenvalue weighted by atomic mass is 79.9. The first-order valence-corrected chi connectivity index (χ1v) is 8.77. The molecule has 0 amide bonds. The largest absolute Gasteiger partial charge is 0.342 e. The molecule has 0 radical (unpaired) electrons. The number of aromatic nitrogens is 2. The molecule has 21 heavy (non-hydrogen) atoms. The minimum atomic E-state index is 0.570. The summed E-state index contributed by atoms with van der Waals surface area (Å²) in [5.41, 5.74) is 2.22. The number of hydrogen-bond donors (Lipinski definition) is 1. The Bertz CT molecular complexity index is 725. The summed E-state index contributed by atoms with van der Waals surface area (Å²) in [6.45, 7) is 0. The molecule has 2 bridgehead atoms. The van der Waals surface area contributed by atoms with Crippen molar-refractivity contribution in [1.29, 1.82) is 0 Å². The number of rotatable bonds is 2. The molecule has 1 aromatic carbocycles. The van der Waals surface area contributed by atoms with Crippen LogP contribution in [-0.4, -0.2) is 9.97 Å². The van der Waals surface area contributed by atoms with E-state index in [-0.39, 0.29) is 0 Å². The van der Waals surface area contributed by atoms with Crippen molar-refractivity contribution in [3.63, 3.8) is 0 Å². The van der Waals surface area contributed by atoms with E-state index in [0.717, 1.165) is 33.4 Å². The van der Waals surface area contributed by atoms with Crippen LogP contribution in [0.1, 0.15) is 37.4 Å². The summed E-state index contributed by atoms with van der Waals surface area (Å²) < 4.78 is 1.57. The fraction of sp³-hybridized carbons (Fsp3) is 0.412. The quantitative estimate of drug-likeness (QED) is 0.719. The lowest BCUT2D eigenvalue weighted by atomic mass is 9.88. The van der Waals surface area contributed by atoms with Crippen LogP contribution in [-0.2, 0) is 0 Å². The fourth-order valence-corrected chi connectivity index (χ4v) is 4.65. The zero-order chi connectivity index (χ0) is 14.4. The average molecular weight is 361 g/mol. The standard InChI is InChI=1S/C17H17BrN2S/c18-14-15(11-4-2-1-3-5-11)19-16(20-17(14)21)13-9-10-6-7-12(13)8-10/h1-5,10,12-13H,6-9H2,(H,19,20,21). The number of nitrogens with zero attached hydrogens (tertiary/aromatic N) is 1. The highest BCUT2D eigenvalue weighted by Crippen LogP contribution is 2.52. The second-order valence-electron chi connectivity index (χ2n) is 6.26. The van der Waals surface area contributed by atoms with E-state index < -0.39 is 0 Å². The molecule has 4 heteroatoms. The van der Waals surface area contributed by atoms with Crippen LogP contribution in [0.5, 0.6) is 0 Å². The van der Waals surface area contributed by atoms with Crippen LogP contribution in [0.3, 0.4) is 0 Å². The van der Waals surface area contributed by atoms with E-state index in [1.165, 1.54) is 25.7 Å². The number of nitrogens with one attached hydrogen (secondary N) is 1. The van der Waals surface area contributed by atoms with E-state index in [0.29, 0.717) is 10.6 Å². The van der Waals surface area contributed by atoms with Gasteiger partial charge in [-0.3, -0.25) is 0 Å². The van der Waals surface area contributed by atoms with Crippen LogP contribution in [0, 0.1) is 16.5 Å². The minimum absolute atomic E-state index is 0.570. The topological polar surface area (TPSA) is 28.7 Å². The summed E-state index contributed by atoms with van der Waals surface area (Å²) in [7, 11) is 0. The molecule has 2 aliphatic rings. The lowest BCUT2D eigenvalue weighted by molar-refractivity contribution is 0.405. The third-order valence-corrected chi connectivity index (χ3v) is 6.36. The van der Waals surface area contributed by atoms with Crippen LogP contribution in [0.25, 0.3) is 11.3 Å². The van der Waals surface area contributed by atoms with Crippen molar-refractivity contribution in [3.8, 4) is 11.3 Å². The van der Waals surface area contributed by atoms with E-state index in [2.05, 4.69) is 50.2 Å². The second kappa shape index (κ2) is 5.33. The molecule has 2 nitrogen and oxygen atoms in total. The summed E-state index contributed by atoms with van der Waals surface area (Å²) in [4.78, 5) is 8.24. The Kier molecular flexibility index (Phi) is 3.46. The number of aromatic amines is 1. The minimum Gasteiger partial charge on any atom is -0.342 e. The number of halogens is 1. The van der Waals surface area contributed by atoms with Gasteiger partial charge in [-0.25, -0.2) is 4.98 Å². The van der Waals surface area contributed by atoms with Gasteiger partial charge in [0.1, 0.15) is 10.5 Å². The van der Waals surface area contributed by atoms with Crippen molar-refractivity contribution in [3.05, 3.63) is 45.3 Å². The maximum Gasteiger partial charge on any atom is 0.144 e. The molecule has 1 heterocycles. The molecule has 2 fully saturated rings. The van der Waals surface area contributed by atoms with Gasteiger partial charge in [0.25, 0.3) is 0 Å². The van der Waals surface area contributed by atoms with E-state index in [9.17, 15) is 0 Å². The molecular weight excluding hydrogens is 344 g/mol. The van der Waals surface area contributed by atoms with Crippen molar-refractivity contribution >= 4 is 28.1 Å². The fourth-order valence-electron chi connectivity index (χ4n) is 4.04. The molecule has 3 unspecified atom stereocenters. The molecule has 0 aliphatic heterocycles. The predicted octanol–water partition coefficient (Wildman–Crippen LogP) is 5.47. The monoisotopic (exact) mass is 360 g/mol. The zero-order valence-corrected chi connectivity index (χ0v) is 14.1. The van der Waals surface area contributed by atoms with E-state index in [1.807, 2.05) is 6.07 Å². The maximum absolute atomic E-state index is 5.47. The van der Waals surface area contributed by atoms with Gasteiger partial charge < -0.3 is 4.98 Å². The molecule has 2 aromatic rings. The van der Waals surface area contributed by atoms with Crippen LogP contribution in [0.15, 0.2) is 34.8 Å².